The van der Waals surface area contributed by atoms with Crippen molar-refractivity contribution >= 4 is 57.3 Å². The Morgan fingerprint density at radius 2 is 2.00 bits per heavy atom. The lowest BCUT2D eigenvalue weighted by Crippen LogP contribution is -2.35. The van der Waals surface area contributed by atoms with Gasteiger partial charge in [-0.2, -0.15) is 15.1 Å². The minimum absolute atomic E-state index is 0.00666. The number of nitrogens with one attached hydrogen (secondary N) is 1. The fourth-order valence-corrected chi connectivity index (χ4v) is 5.25. The molecule has 0 atom stereocenters. The zero-order valence-corrected chi connectivity index (χ0v) is 21.2. The monoisotopic (exact) mass is 521 g/mol. The number of aliphatic imine (C=N–C) groups is 1. The Balaban J connectivity index is 1.29. The second-order valence-corrected chi connectivity index (χ2v) is 10.1. The first kappa shape index (κ1) is 24.3. The number of ether oxygens (including phenoxy) is 1. The van der Waals surface area contributed by atoms with E-state index in [1.165, 1.54) is 5.01 Å². The van der Waals surface area contributed by atoms with Crippen LogP contribution in [0.4, 0.5) is 0 Å². The van der Waals surface area contributed by atoms with Crippen molar-refractivity contribution in [1.29, 1.82) is 5.41 Å². The molecule has 3 aliphatic rings. The van der Waals surface area contributed by atoms with E-state index < -0.39 is 5.91 Å². The summed E-state index contributed by atoms with van der Waals surface area (Å²) in [6.07, 6.45) is 3.73. The van der Waals surface area contributed by atoms with Gasteiger partial charge >= 0.3 is 0 Å². The van der Waals surface area contributed by atoms with Crippen molar-refractivity contribution in [1.82, 2.24) is 9.91 Å². The van der Waals surface area contributed by atoms with Crippen LogP contribution in [0.2, 0.25) is 5.02 Å². The first-order chi connectivity index (χ1) is 17.4. The minimum Gasteiger partial charge on any atom is -0.487 e. The van der Waals surface area contributed by atoms with E-state index >= 15 is 0 Å². The van der Waals surface area contributed by atoms with Crippen LogP contribution in [0.15, 0.2) is 58.1 Å². The molecule has 36 heavy (non-hydrogen) atoms. The average molecular weight is 522 g/mol. The molecule has 0 radical (unpaired) electrons. The highest BCUT2D eigenvalue weighted by Gasteiger charge is 2.36. The van der Waals surface area contributed by atoms with E-state index in [2.05, 4.69) is 10.1 Å². The summed E-state index contributed by atoms with van der Waals surface area (Å²) in [5, 5.41) is 15.5. The number of rotatable bonds is 6. The number of benzene rings is 2. The summed E-state index contributed by atoms with van der Waals surface area (Å²) >= 11 is 7.60. The van der Waals surface area contributed by atoms with Gasteiger partial charge in [-0.1, -0.05) is 41.9 Å². The zero-order valence-electron chi connectivity index (χ0n) is 19.7. The summed E-state index contributed by atoms with van der Waals surface area (Å²) in [6, 6.07) is 13.2. The smallest absolute Gasteiger partial charge is 0.283 e. The van der Waals surface area contributed by atoms with Gasteiger partial charge in [0.15, 0.2) is 5.84 Å². The van der Waals surface area contributed by atoms with Crippen molar-refractivity contribution < 1.29 is 14.3 Å². The van der Waals surface area contributed by atoms with Gasteiger partial charge in [0.25, 0.3) is 5.91 Å². The van der Waals surface area contributed by atoms with Crippen LogP contribution in [0, 0.1) is 12.3 Å². The van der Waals surface area contributed by atoms with Gasteiger partial charge in [0.2, 0.25) is 11.1 Å². The van der Waals surface area contributed by atoms with Gasteiger partial charge in [-0.15, -0.1) is 0 Å². The Bertz CT molecular complexity index is 1350. The quantitative estimate of drug-likeness (QED) is 0.547. The maximum atomic E-state index is 12.7. The Morgan fingerprint density at radius 3 is 2.75 bits per heavy atom. The van der Waals surface area contributed by atoms with Crippen LogP contribution in [0.25, 0.3) is 6.08 Å². The fraction of sp³-hybridized carbons (Fsp3) is 0.269. The van der Waals surface area contributed by atoms with Crippen molar-refractivity contribution in [2.45, 2.75) is 32.8 Å². The van der Waals surface area contributed by atoms with Gasteiger partial charge in [-0.25, -0.2) is 0 Å². The number of thioether (sulfide) groups is 1. The summed E-state index contributed by atoms with van der Waals surface area (Å²) in [7, 11) is 0. The van der Waals surface area contributed by atoms with Gasteiger partial charge in [-0.3, -0.25) is 15.0 Å². The molecule has 3 heterocycles. The largest absolute Gasteiger partial charge is 0.487 e. The van der Waals surface area contributed by atoms with Crippen LogP contribution in [-0.4, -0.2) is 50.9 Å². The van der Waals surface area contributed by atoms with Crippen LogP contribution in [0.5, 0.6) is 5.75 Å². The lowest BCUT2D eigenvalue weighted by Gasteiger charge is -2.20. The molecule has 2 aromatic carbocycles. The third kappa shape index (κ3) is 5.08. The number of likely N-dealkylation sites (tertiary alicyclic amines) is 1. The topological polar surface area (TPSA) is 98.4 Å². The molecule has 0 aromatic heterocycles. The predicted molar refractivity (Wildman–Crippen MR) is 142 cm³/mol. The first-order valence-corrected chi connectivity index (χ1v) is 12.8. The van der Waals surface area contributed by atoms with Crippen LogP contribution < -0.4 is 4.74 Å². The Morgan fingerprint density at radius 1 is 1.22 bits per heavy atom. The number of hydrazone groups is 1. The summed E-state index contributed by atoms with van der Waals surface area (Å²) in [6.45, 7) is 3.94. The molecule has 10 heteroatoms. The van der Waals surface area contributed by atoms with E-state index in [9.17, 15) is 9.59 Å². The number of hydrogen-bond acceptors (Lipinski definition) is 6. The molecule has 5 rings (SSSR count). The SMILES string of the molecule is Cc1ccccc1COc1ccc(C=C2C(=N)N3N=C(CC(=O)N4CCCC4)SC3=NC2=O)cc1Cl. The number of aryl methyl sites for hydroxylation is 1. The van der Waals surface area contributed by atoms with Crippen molar-refractivity contribution in [2.75, 3.05) is 13.1 Å². The number of carbonyl (C=O) groups excluding carboxylic acids is 2. The Labute approximate surface area is 218 Å². The van der Waals surface area contributed by atoms with E-state index in [1.54, 1.807) is 24.3 Å². The zero-order chi connectivity index (χ0) is 25.2. The second kappa shape index (κ2) is 10.3. The third-order valence-corrected chi connectivity index (χ3v) is 7.37. The lowest BCUT2D eigenvalue weighted by atomic mass is 10.1. The van der Waals surface area contributed by atoms with Crippen LogP contribution in [0.3, 0.4) is 0 Å². The molecule has 0 bridgehead atoms. The highest BCUT2D eigenvalue weighted by atomic mass is 35.5. The molecule has 2 aromatic rings. The van der Waals surface area contributed by atoms with Gasteiger partial charge in [-0.05, 0) is 66.4 Å². The number of fused-ring (bicyclic) bond motifs is 1. The second-order valence-electron chi connectivity index (χ2n) is 8.68. The molecule has 0 spiro atoms. The normalized spacial score (nSPS) is 18.4. The molecular formula is C26H24ClN5O3S. The van der Waals surface area contributed by atoms with Gasteiger partial charge < -0.3 is 9.64 Å². The number of amides is 2. The van der Waals surface area contributed by atoms with Crippen molar-refractivity contribution in [3.63, 3.8) is 0 Å². The fourth-order valence-electron chi connectivity index (χ4n) is 4.13. The number of amidine groups is 2. The molecule has 1 N–H and O–H groups in total. The van der Waals surface area contributed by atoms with Crippen LogP contribution in [-0.2, 0) is 16.2 Å². The molecule has 1 saturated heterocycles. The molecular weight excluding hydrogens is 498 g/mol. The standard InChI is InChI=1S/C26H24ClN5O3S/c1-16-6-2-3-7-18(16)15-35-21-9-8-17(13-20(21)27)12-19-24(28)32-26(29-25(19)34)36-22(30-32)14-23(33)31-10-4-5-11-31/h2-3,6-9,12-13,28H,4-5,10-11,14-15H2,1H3. The summed E-state index contributed by atoms with van der Waals surface area (Å²) in [5.74, 6) is -0.0818. The van der Waals surface area contributed by atoms with Gasteiger partial charge in [0.1, 0.15) is 17.4 Å². The third-order valence-electron chi connectivity index (χ3n) is 6.17. The molecule has 184 valence electrons. The molecule has 3 aliphatic heterocycles. The van der Waals surface area contributed by atoms with Crippen molar-refractivity contribution in [3.05, 3.63) is 69.8 Å². The van der Waals surface area contributed by atoms with E-state index in [4.69, 9.17) is 21.7 Å². The number of nitrogens with zero attached hydrogens (tertiary/aromatic N) is 4. The predicted octanol–water partition coefficient (Wildman–Crippen LogP) is 4.86. The highest BCUT2D eigenvalue weighted by Crippen LogP contribution is 2.31. The van der Waals surface area contributed by atoms with E-state index in [0.29, 0.717) is 33.2 Å². The lowest BCUT2D eigenvalue weighted by molar-refractivity contribution is -0.128. The average Bonchev–Trinajstić information content (AvgIpc) is 3.53. The molecule has 1 fully saturated rings. The first-order valence-electron chi connectivity index (χ1n) is 11.6. The summed E-state index contributed by atoms with van der Waals surface area (Å²) in [5.41, 5.74) is 2.94. The van der Waals surface area contributed by atoms with E-state index in [1.807, 2.05) is 36.1 Å². The molecule has 0 aliphatic carbocycles. The molecule has 0 unspecified atom stereocenters. The number of hydrogen-bond donors (Lipinski definition) is 1. The van der Waals surface area contributed by atoms with Gasteiger partial charge in [0.05, 0.1) is 17.0 Å². The Hall–Kier alpha value is -3.43. The Kier molecular flexibility index (Phi) is 6.93. The minimum atomic E-state index is -0.530. The molecule has 8 nitrogen and oxygen atoms in total. The van der Waals surface area contributed by atoms with Crippen LogP contribution in [0.1, 0.15) is 36.0 Å². The number of carbonyl (C=O) groups is 2. The maximum absolute atomic E-state index is 12.7. The van der Waals surface area contributed by atoms with E-state index in [0.717, 1.165) is 48.8 Å². The summed E-state index contributed by atoms with van der Waals surface area (Å²) in [4.78, 5) is 31.1. The molecule has 0 saturated carbocycles. The number of halogens is 1. The van der Waals surface area contributed by atoms with E-state index in [-0.39, 0.29) is 23.7 Å². The summed E-state index contributed by atoms with van der Waals surface area (Å²) < 4.78 is 5.88. The van der Waals surface area contributed by atoms with Gasteiger partial charge in [0, 0.05) is 13.1 Å². The maximum Gasteiger partial charge on any atom is 0.283 e. The van der Waals surface area contributed by atoms with Crippen molar-refractivity contribution in [3.8, 4) is 5.75 Å². The van der Waals surface area contributed by atoms with Crippen molar-refractivity contribution in [2.24, 2.45) is 10.1 Å². The van der Waals surface area contributed by atoms with Crippen LogP contribution >= 0.6 is 23.4 Å². The molecule has 2 amide bonds. The highest BCUT2D eigenvalue weighted by molar-refractivity contribution is 8.27.